The van der Waals surface area contributed by atoms with Crippen molar-refractivity contribution in [2.75, 3.05) is 5.73 Å². The summed E-state index contributed by atoms with van der Waals surface area (Å²) in [6.45, 7) is 0. The van der Waals surface area contributed by atoms with Gasteiger partial charge in [-0.05, 0) is 30.3 Å². The molecule has 0 amide bonds. The van der Waals surface area contributed by atoms with E-state index in [-0.39, 0.29) is 0 Å². The van der Waals surface area contributed by atoms with Crippen molar-refractivity contribution in [3.63, 3.8) is 0 Å². The van der Waals surface area contributed by atoms with E-state index in [9.17, 15) is 0 Å². The van der Waals surface area contributed by atoms with Crippen molar-refractivity contribution in [3.8, 4) is 11.4 Å². The number of nitrogens with zero attached hydrogens (tertiary/aromatic N) is 1. The standard InChI is InChI=1S/C13H9BrClN3/c14-7-4-5-9(15)8(6-7)13-17-11-3-1-2-10(16)12(11)18-13/h1-6H,16H2,(H,17,18). The van der Waals surface area contributed by atoms with Gasteiger partial charge in [-0.2, -0.15) is 0 Å². The van der Waals surface area contributed by atoms with Crippen LogP contribution in [0.5, 0.6) is 0 Å². The lowest BCUT2D eigenvalue weighted by molar-refractivity contribution is 1.33. The Morgan fingerprint density at radius 3 is 2.83 bits per heavy atom. The molecule has 0 unspecified atom stereocenters. The molecule has 0 saturated heterocycles. The highest BCUT2D eigenvalue weighted by molar-refractivity contribution is 9.10. The normalized spacial score (nSPS) is 11.0. The van der Waals surface area contributed by atoms with E-state index in [1.54, 1.807) is 0 Å². The van der Waals surface area contributed by atoms with Crippen LogP contribution in [-0.2, 0) is 0 Å². The molecule has 2 aromatic carbocycles. The van der Waals surface area contributed by atoms with Gasteiger partial charge in [0.2, 0.25) is 0 Å². The second-order valence-electron chi connectivity index (χ2n) is 3.95. The second kappa shape index (κ2) is 4.30. The summed E-state index contributed by atoms with van der Waals surface area (Å²) in [6.07, 6.45) is 0. The number of benzene rings is 2. The summed E-state index contributed by atoms with van der Waals surface area (Å²) in [5.74, 6) is 0.717. The highest BCUT2D eigenvalue weighted by Gasteiger charge is 2.10. The van der Waals surface area contributed by atoms with Crippen LogP contribution in [0, 0.1) is 0 Å². The van der Waals surface area contributed by atoms with Crippen molar-refractivity contribution >= 4 is 44.3 Å². The average molecular weight is 323 g/mol. The molecule has 3 aromatic rings. The fraction of sp³-hybridized carbons (Fsp3) is 0. The molecule has 0 radical (unpaired) electrons. The predicted molar refractivity (Wildman–Crippen MR) is 78.7 cm³/mol. The zero-order valence-corrected chi connectivity index (χ0v) is 11.6. The van der Waals surface area contributed by atoms with Crippen molar-refractivity contribution < 1.29 is 0 Å². The Balaban J connectivity index is 2.26. The van der Waals surface area contributed by atoms with Crippen LogP contribution in [-0.4, -0.2) is 9.97 Å². The zero-order valence-electron chi connectivity index (χ0n) is 9.24. The summed E-state index contributed by atoms with van der Waals surface area (Å²) in [7, 11) is 0. The number of aromatic amines is 1. The van der Waals surface area contributed by atoms with Crippen molar-refractivity contribution in [3.05, 3.63) is 45.9 Å². The molecule has 1 heterocycles. The van der Waals surface area contributed by atoms with E-state index in [1.165, 1.54) is 0 Å². The second-order valence-corrected chi connectivity index (χ2v) is 5.28. The number of halogens is 2. The Morgan fingerprint density at radius 2 is 2.06 bits per heavy atom. The van der Waals surface area contributed by atoms with Crippen LogP contribution in [0.15, 0.2) is 40.9 Å². The first-order valence-electron chi connectivity index (χ1n) is 5.35. The summed E-state index contributed by atoms with van der Waals surface area (Å²) in [5, 5.41) is 0.649. The van der Waals surface area contributed by atoms with Crippen LogP contribution in [0.4, 0.5) is 5.69 Å². The Kier molecular flexibility index (Phi) is 2.76. The monoisotopic (exact) mass is 321 g/mol. The first kappa shape index (κ1) is 11.6. The fourth-order valence-electron chi connectivity index (χ4n) is 1.86. The third kappa shape index (κ3) is 1.87. The number of para-hydroxylation sites is 1. The van der Waals surface area contributed by atoms with Gasteiger partial charge >= 0.3 is 0 Å². The number of nitrogens with one attached hydrogen (secondary N) is 1. The molecule has 3 N–H and O–H groups in total. The molecule has 3 rings (SSSR count). The molecule has 0 aliphatic heterocycles. The van der Waals surface area contributed by atoms with Gasteiger partial charge < -0.3 is 10.7 Å². The lowest BCUT2D eigenvalue weighted by Crippen LogP contribution is -1.85. The van der Waals surface area contributed by atoms with E-state index in [4.69, 9.17) is 17.3 Å². The van der Waals surface area contributed by atoms with Crippen LogP contribution in [0.1, 0.15) is 0 Å². The summed E-state index contributed by atoms with van der Waals surface area (Å²) in [6, 6.07) is 11.3. The van der Waals surface area contributed by atoms with Crippen LogP contribution in [0.2, 0.25) is 5.02 Å². The summed E-state index contributed by atoms with van der Waals surface area (Å²) >= 11 is 9.61. The minimum atomic E-state index is 0.649. The van der Waals surface area contributed by atoms with E-state index < -0.39 is 0 Å². The number of anilines is 1. The molecule has 90 valence electrons. The molecule has 0 aliphatic carbocycles. The number of aromatic nitrogens is 2. The van der Waals surface area contributed by atoms with Crippen LogP contribution >= 0.6 is 27.5 Å². The third-order valence-corrected chi connectivity index (χ3v) is 3.55. The molecule has 18 heavy (non-hydrogen) atoms. The van der Waals surface area contributed by atoms with E-state index in [2.05, 4.69) is 25.9 Å². The minimum absolute atomic E-state index is 0.649. The van der Waals surface area contributed by atoms with Gasteiger partial charge in [-0.15, -0.1) is 0 Å². The third-order valence-electron chi connectivity index (χ3n) is 2.73. The molecule has 0 aliphatic rings. The number of imidazole rings is 1. The molecule has 0 fully saturated rings. The maximum absolute atomic E-state index is 6.19. The molecule has 0 bridgehead atoms. The molecule has 0 saturated carbocycles. The molecular formula is C13H9BrClN3. The van der Waals surface area contributed by atoms with Gasteiger partial charge in [-0.1, -0.05) is 33.6 Å². The number of fused-ring (bicyclic) bond motifs is 1. The predicted octanol–water partition coefficient (Wildman–Crippen LogP) is 4.23. The van der Waals surface area contributed by atoms with Crippen LogP contribution in [0.3, 0.4) is 0 Å². The van der Waals surface area contributed by atoms with Gasteiger partial charge in [0.25, 0.3) is 0 Å². The number of nitrogen functional groups attached to an aromatic ring is 1. The average Bonchev–Trinajstić information content (AvgIpc) is 2.77. The summed E-state index contributed by atoms with van der Waals surface area (Å²) in [5.41, 5.74) is 9.06. The van der Waals surface area contributed by atoms with E-state index in [1.807, 2.05) is 36.4 Å². The minimum Gasteiger partial charge on any atom is -0.397 e. The lowest BCUT2D eigenvalue weighted by Gasteiger charge is -2.00. The van der Waals surface area contributed by atoms with Crippen molar-refractivity contribution in [1.29, 1.82) is 0 Å². The lowest BCUT2D eigenvalue weighted by atomic mass is 10.2. The van der Waals surface area contributed by atoms with Crippen molar-refractivity contribution in [2.45, 2.75) is 0 Å². The smallest absolute Gasteiger partial charge is 0.140 e. The summed E-state index contributed by atoms with van der Waals surface area (Å²) in [4.78, 5) is 7.72. The Bertz CT molecular complexity index is 736. The number of nitrogens with two attached hydrogens (primary N) is 1. The number of hydrogen-bond donors (Lipinski definition) is 2. The Hall–Kier alpha value is -1.52. The van der Waals surface area contributed by atoms with E-state index in [0.29, 0.717) is 16.5 Å². The molecule has 3 nitrogen and oxygen atoms in total. The van der Waals surface area contributed by atoms with Gasteiger partial charge in [-0.3, -0.25) is 0 Å². The van der Waals surface area contributed by atoms with Gasteiger partial charge in [-0.25, -0.2) is 4.98 Å². The highest BCUT2D eigenvalue weighted by Crippen LogP contribution is 2.31. The van der Waals surface area contributed by atoms with Gasteiger partial charge in [0.15, 0.2) is 0 Å². The Labute approximate surface area is 117 Å². The largest absolute Gasteiger partial charge is 0.397 e. The van der Waals surface area contributed by atoms with Crippen LogP contribution in [0.25, 0.3) is 22.4 Å². The number of rotatable bonds is 1. The summed E-state index contributed by atoms with van der Waals surface area (Å²) < 4.78 is 0.954. The number of H-pyrrole nitrogens is 1. The van der Waals surface area contributed by atoms with Gasteiger partial charge in [0.1, 0.15) is 11.3 Å². The topological polar surface area (TPSA) is 54.7 Å². The highest BCUT2D eigenvalue weighted by atomic mass is 79.9. The zero-order chi connectivity index (χ0) is 12.7. The van der Waals surface area contributed by atoms with E-state index >= 15 is 0 Å². The van der Waals surface area contributed by atoms with Crippen LogP contribution < -0.4 is 5.73 Å². The number of hydrogen-bond acceptors (Lipinski definition) is 2. The van der Waals surface area contributed by atoms with Crippen molar-refractivity contribution in [1.82, 2.24) is 9.97 Å². The molecule has 5 heteroatoms. The molecule has 0 spiro atoms. The Morgan fingerprint density at radius 1 is 1.22 bits per heavy atom. The van der Waals surface area contributed by atoms with Crippen molar-refractivity contribution in [2.24, 2.45) is 0 Å². The molecular weight excluding hydrogens is 314 g/mol. The fourth-order valence-corrected chi connectivity index (χ4v) is 2.43. The first-order chi connectivity index (χ1) is 8.65. The maximum atomic E-state index is 6.19. The van der Waals surface area contributed by atoms with Gasteiger partial charge in [0, 0.05) is 10.0 Å². The first-order valence-corrected chi connectivity index (χ1v) is 6.52. The van der Waals surface area contributed by atoms with E-state index in [0.717, 1.165) is 21.1 Å². The molecule has 0 atom stereocenters. The quantitative estimate of drug-likeness (QED) is 0.659. The maximum Gasteiger partial charge on any atom is 0.140 e. The SMILES string of the molecule is Nc1cccc2[nH]c(-c3cc(Br)ccc3Cl)nc12. The molecule has 1 aromatic heterocycles. The van der Waals surface area contributed by atoms with Gasteiger partial charge in [0.05, 0.1) is 16.2 Å².